The van der Waals surface area contributed by atoms with Gasteiger partial charge in [0, 0.05) is 17.9 Å². The van der Waals surface area contributed by atoms with Gasteiger partial charge in [-0.05, 0) is 18.2 Å². The minimum absolute atomic E-state index is 0.0432. The molecule has 0 amide bonds. The molecule has 6 heteroatoms. The topological polar surface area (TPSA) is 85.1 Å². The van der Waals surface area contributed by atoms with E-state index in [1.807, 2.05) is 32.9 Å². The highest BCUT2D eigenvalue weighted by Gasteiger charge is 2.26. The molecule has 2 aromatic rings. The van der Waals surface area contributed by atoms with Gasteiger partial charge in [0.15, 0.2) is 23.0 Å². The average Bonchev–Trinajstić information content (AvgIpc) is 2.58. The van der Waals surface area contributed by atoms with Gasteiger partial charge in [0.2, 0.25) is 0 Å². The molecule has 0 N–H and O–H groups in total. The minimum atomic E-state index is -0.365. The number of nitrogens with zero attached hydrogens (tertiary/aromatic N) is 3. The summed E-state index contributed by atoms with van der Waals surface area (Å²) in [6, 6.07) is 7.36. The molecule has 0 saturated heterocycles. The molecule has 0 atom stereocenters. The fourth-order valence-electron chi connectivity index (χ4n) is 2.47. The van der Waals surface area contributed by atoms with Crippen LogP contribution in [-0.2, 0) is 5.41 Å². The van der Waals surface area contributed by atoms with E-state index in [-0.39, 0.29) is 22.6 Å². The third-order valence-electron chi connectivity index (χ3n) is 3.70. The standard InChI is InChI=1S/C19H21N3O3/c1-11(23)16-13(10-20)21-18(19(2,3)4)17(22-16)12-7-8-14(24-5)15(9-12)25-6/h7-9H,1-6H3. The zero-order valence-corrected chi connectivity index (χ0v) is 15.3. The molecule has 0 unspecified atom stereocenters. The van der Waals surface area contributed by atoms with Gasteiger partial charge in [-0.25, -0.2) is 9.97 Å². The summed E-state index contributed by atoms with van der Waals surface area (Å²) >= 11 is 0. The quantitative estimate of drug-likeness (QED) is 0.792. The van der Waals surface area contributed by atoms with Crippen LogP contribution in [0.25, 0.3) is 11.3 Å². The molecule has 0 aliphatic heterocycles. The van der Waals surface area contributed by atoms with E-state index >= 15 is 0 Å². The summed E-state index contributed by atoms with van der Waals surface area (Å²) in [4.78, 5) is 20.8. The number of Topliss-reactive ketones (excluding diaryl/α,β-unsaturated/α-hetero) is 1. The lowest BCUT2D eigenvalue weighted by atomic mass is 9.88. The average molecular weight is 339 g/mol. The molecule has 1 aromatic carbocycles. The second kappa shape index (κ2) is 6.89. The molecule has 0 saturated carbocycles. The highest BCUT2D eigenvalue weighted by atomic mass is 16.5. The van der Waals surface area contributed by atoms with Gasteiger partial charge >= 0.3 is 0 Å². The molecule has 0 aliphatic rings. The second-order valence-corrected chi connectivity index (χ2v) is 6.61. The monoisotopic (exact) mass is 339 g/mol. The van der Waals surface area contributed by atoms with Crippen molar-refractivity contribution in [2.75, 3.05) is 14.2 Å². The van der Waals surface area contributed by atoms with E-state index in [2.05, 4.69) is 9.97 Å². The maximum absolute atomic E-state index is 11.9. The van der Waals surface area contributed by atoms with Gasteiger partial charge < -0.3 is 9.47 Å². The zero-order valence-electron chi connectivity index (χ0n) is 15.3. The Hall–Kier alpha value is -2.94. The van der Waals surface area contributed by atoms with Crippen molar-refractivity contribution in [1.29, 1.82) is 5.26 Å². The van der Waals surface area contributed by atoms with Crippen LogP contribution in [0.15, 0.2) is 18.2 Å². The van der Waals surface area contributed by atoms with Crippen LogP contribution in [0, 0.1) is 11.3 Å². The van der Waals surface area contributed by atoms with Gasteiger partial charge in [0.1, 0.15) is 11.8 Å². The first-order valence-corrected chi connectivity index (χ1v) is 7.78. The minimum Gasteiger partial charge on any atom is -0.493 e. The molecule has 25 heavy (non-hydrogen) atoms. The van der Waals surface area contributed by atoms with Crippen LogP contribution in [-0.4, -0.2) is 30.0 Å². The third-order valence-corrected chi connectivity index (χ3v) is 3.70. The number of nitriles is 1. The molecule has 130 valence electrons. The fourth-order valence-corrected chi connectivity index (χ4v) is 2.47. The van der Waals surface area contributed by atoms with Crippen LogP contribution in [0.4, 0.5) is 0 Å². The number of hydrogen-bond acceptors (Lipinski definition) is 6. The van der Waals surface area contributed by atoms with Crippen LogP contribution in [0.2, 0.25) is 0 Å². The number of rotatable bonds is 4. The second-order valence-electron chi connectivity index (χ2n) is 6.61. The first-order valence-electron chi connectivity index (χ1n) is 7.78. The summed E-state index contributed by atoms with van der Waals surface area (Å²) in [6.07, 6.45) is 0. The van der Waals surface area contributed by atoms with Crippen LogP contribution < -0.4 is 9.47 Å². The number of ether oxygens (including phenoxy) is 2. The van der Waals surface area contributed by atoms with Gasteiger partial charge in [-0.1, -0.05) is 20.8 Å². The van der Waals surface area contributed by atoms with Crippen LogP contribution >= 0.6 is 0 Å². The number of carbonyl (C=O) groups is 1. The molecular weight excluding hydrogens is 318 g/mol. The Morgan fingerprint density at radius 2 is 1.76 bits per heavy atom. The predicted octanol–water partition coefficient (Wildman–Crippen LogP) is 3.53. The van der Waals surface area contributed by atoms with Crippen LogP contribution in [0.5, 0.6) is 11.5 Å². The van der Waals surface area contributed by atoms with E-state index in [4.69, 9.17) is 9.47 Å². The Labute approximate surface area is 147 Å². The number of methoxy groups -OCH3 is 2. The Balaban J connectivity index is 2.81. The van der Waals surface area contributed by atoms with E-state index in [1.54, 1.807) is 26.4 Å². The Morgan fingerprint density at radius 1 is 1.12 bits per heavy atom. The van der Waals surface area contributed by atoms with Gasteiger partial charge in [0.05, 0.1) is 25.6 Å². The van der Waals surface area contributed by atoms with Crippen molar-refractivity contribution >= 4 is 5.78 Å². The molecule has 0 fully saturated rings. The molecule has 0 radical (unpaired) electrons. The van der Waals surface area contributed by atoms with Crippen molar-refractivity contribution in [3.05, 3.63) is 35.3 Å². The summed E-state index contributed by atoms with van der Waals surface area (Å²) in [5.74, 6) is 0.846. The van der Waals surface area contributed by atoms with Gasteiger partial charge in [-0.15, -0.1) is 0 Å². The summed E-state index contributed by atoms with van der Waals surface area (Å²) in [7, 11) is 3.12. The number of benzene rings is 1. The number of ketones is 1. The lowest BCUT2D eigenvalue weighted by Crippen LogP contribution is -2.19. The largest absolute Gasteiger partial charge is 0.493 e. The third kappa shape index (κ3) is 3.61. The molecule has 6 nitrogen and oxygen atoms in total. The Bertz CT molecular complexity index is 861. The van der Waals surface area contributed by atoms with Crippen molar-refractivity contribution in [1.82, 2.24) is 9.97 Å². The first kappa shape index (κ1) is 18.4. The summed E-state index contributed by atoms with van der Waals surface area (Å²) in [6.45, 7) is 7.32. The van der Waals surface area contributed by atoms with Crippen molar-refractivity contribution in [2.45, 2.75) is 33.1 Å². The van der Waals surface area contributed by atoms with Crippen molar-refractivity contribution < 1.29 is 14.3 Å². The van der Waals surface area contributed by atoms with Gasteiger partial charge in [-0.2, -0.15) is 5.26 Å². The number of carbonyl (C=O) groups excluding carboxylic acids is 1. The lowest BCUT2D eigenvalue weighted by Gasteiger charge is -2.22. The smallest absolute Gasteiger partial charge is 0.181 e. The first-order chi connectivity index (χ1) is 11.7. The van der Waals surface area contributed by atoms with E-state index in [1.165, 1.54) is 6.92 Å². The Morgan fingerprint density at radius 3 is 2.24 bits per heavy atom. The molecule has 1 aromatic heterocycles. The SMILES string of the molecule is COc1ccc(-c2nc(C(C)=O)c(C#N)nc2C(C)(C)C)cc1OC. The van der Waals surface area contributed by atoms with Gasteiger partial charge in [0.25, 0.3) is 0 Å². The maximum atomic E-state index is 11.9. The fraction of sp³-hybridized carbons (Fsp3) is 0.368. The summed E-state index contributed by atoms with van der Waals surface area (Å²) < 4.78 is 10.6. The molecule has 0 bridgehead atoms. The van der Waals surface area contributed by atoms with Crippen molar-refractivity contribution in [3.63, 3.8) is 0 Å². The molecular formula is C19H21N3O3. The predicted molar refractivity (Wildman–Crippen MR) is 94.0 cm³/mol. The molecule has 0 aliphatic carbocycles. The molecule has 2 rings (SSSR count). The van der Waals surface area contributed by atoms with E-state index in [9.17, 15) is 10.1 Å². The zero-order chi connectivity index (χ0) is 18.8. The highest BCUT2D eigenvalue weighted by molar-refractivity contribution is 5.94. The van der Waals surface area contributed by atoms with E-state index in [0.29, 0.717) is 22.9 Å². The summed E-state index contributed by atoms with van der Waals surface area (Å²) in [5.41, 5.74) is 1.68. The number of aromatic nitrogens is 2. The van der Waals surface area contributed by atoms with Crippen molar-refractivity contribution in [2.24, 2.45) is 0 Å². The van der Waals surface area contributed by atoms with Crippen LogP contribution in [0.3, 0.4) is 0 Å². The number of hydrogen-bond donors (Lipinski definition) is 0. The molecule has 0 spiro atoms. The Kier molecular flexibility index (Phi) is 5.07. The summed E-state index contributed by atoms with van der Waals surface area (Å²) in [5, 5.41) is 9.33. The van der Waals surface area contributed by atoms with Crippen molar-refractivity contribution in [3.8, 4) is 28.8 Å². The van der Waals surface area contributed by atoms with Crippen LogP contribution in [0.1, 0.15) is 49.6 Å². The lowest BCUT2D eigenvalue weighted by molar-refractivity contribution is 0.101. The van der Waals surface area contributed by atoms with E-state index < -0.39 is 0 Å². The molecule has 1 heterocycles. The normalized spacial score (nSPS) is 10.9. The van der Waals surface area contributed by atoms with E-state index in [0.717, 1.165) is 5.56 Å². The maximum Gasteiger partial charge on any atom is 0.181 e. The van der Waals surface area contributed by atoms with Gasteiger partial charge in [-0.3, -0.25) is 4.79 Å². The highest BCUT2D eigenvalue weighted by Crippen LogP contribution is 2.36.